The standard InChI is InChI=1S/C12H15NO4/c1-15-8-10(12-13-17-7-6-16-12)9-4-2-3-5-11(9)14/h2-5,10,14H,6-8H2,1H3. The lowest BCUT2D eigenvalue weighted by Crippen LogP contribution is -2.25. The first kappa shape index (κ1) is 11.7. The molecule has 0 saturated carbocycles. The van der Waals surface area contributed by atoms with Gasteiger partial charge in [0.05, 0.1) is 12.5 Å². The lowest BCUT2D eigenvalue weighted by atomic mass is 9.98. The lowest BCUT2D eigenvalue weighted by Gasteiger charge is -2.22. The zero-order valence-corrected chi connectivity index (χ0v) is 9.63. The monoisotopic (exact) mass is 237 g/mol. The van der Waals surface area contributed by atoms with E-state index >= 15 is 0 Å². The molecule has 0 aromatic heterocycles. The molecule has 1 N–H and O–H groups in total. The van der Waals surface area contributed by atoms with E-state index in [1.165, 1.54) is 0 Å². The highest BCUT2D eigenvalue weighted by atomic mass is 16.7. The van der Waals surface area contributed by atoms with Crippen molar-refractivity contribution in [2.45, 2.75) is 5.92 Å². The van der Waals surface area contributed by atoms with Crippen LogP contribution in [0.4, 0.5) is 0 Å². The maximum absolute atomic E-state index is 9.83. The summed E-state index contributed by atoms with van der Waals surface area (Å²) < 4.78 is 10.6. The molecular formula is C12H15NO4. The summed E-state index contributed by atoms with van der Waals surface area (Å²) in [6, 6.07) is 7.06. The van der Waals surface area contributed by atoms with Gasteiger partial charge in [0.15, 0.2) is 6.61 Å². The largest absolute Gasteiger partial charge is 0.508 e. The highest BCUT2D eigenvalue weighted by Gasteiger charge is 2.25. The van der Waals surface area contributed by atoms with Gasteiger partial charge in [0.25, 0.3) is 0 Å². The summed E-state index contributed by atoms with van der Waals surface area (Å²) in [5, 5.41) is 13.7. The summed E-state index contributed by atoms with van der Waals surface area (Å²) in [4.78, 5) is 5.00. The molecule has 5 heteroatoms. The minimum absolute atomic E-state index is 0.200. The summed E-state index contributed by atoms with van der Waals surface area (Å²) in [5.41, 5.74) is 0.721. The van der Waals surface area contributed by atoms with Crippen LogP contribution in [0.25, 0.3) is 0 Å². The third kappa shape index (κ3) is 2.68. The maximum Gasteiger partial charge on any atom is 0.235 e. The van der Waals surface area contributed by atoms with Gasteiger partial charge in [0, 0.05) is 12.7 Å². The van der Waals surface area contributed by atoms with E-state index in [1.54, 1.807) is 19.2 Å². The first-order chi connectivity index (χ1) is 8.33. The van der Waals surface area contributed by atoms with Crippen molar-refractivity contribution in [1.29, 1.82) is 0 Å². The van der Waals surface area contributed by atoms with Gasteiger partial charge in [0.1, 0.15) is 12.4 Å². The van der Waals surface area contributed by atoms with Crippen molar-refractivity contribution >= 4 is 5.90 Å². The number of rotatable bonds is 4. The molecule has 1 unspecified atom stereocenters. The minimum Gasteiger partial charge on any atom is -0.508 e. The van der Waals surface area contributed by atoms with Crippen molar-refractivity contribution in [2.24, 2.45) is 5.16 Å². The second kappa shape index (κ2) is 5.54. The van der Waals surface area contributed by atoms with Crippen molar-refractivity contribution < 1.29 is 19.4 Å². The average Bonchev–Trinajstić information content (AvgIpc) is 2.38. The van der Waals surface area contributed by atoms with Crippen molar-refractivity contribution in [3.63, 3.8) is 0 Å². The number of ether oxygens (including phenoxy) is 2. The van der Waals surface area contributed by atoms with Crippen LogP contribution in [0.15, 0.2) is 29.4 Å². The Morgan fingerprint density at radius 3 is 2.88 bits per heavy atom. The van der Waals surface area contributed by atoms with Gasteiger partial charge in [-0.15, -0.1) is 0 Å². The Morgan fingerprint density at radius 1 is 1.41 bits per heavy atom. The van der Waals surface area contributed by atoms with Gasteiger partial charge in [-0.25, -0.2) is 0 Å². The van der Waals surface area contributed by atoms with Crippen LogP contribution in [-0.4, -0.2) is 37.9 Å². The predicted molar refractivity (Wildman–Crippen MR) is 62.1 cm³/mol. The van der Waals surface area contributed by atoms with Crippen LogP contribution in [0, 0.1) is 0 Å². The molecule has 0 saturated heterocycles. The molecule has 0 amide bonds. The molecule has 0 fully saturated rings. The number of phenolic OH excluding ortho intramolecular Hbond substituents is 1. The zero-order valence-electron chi connectivity index (χ0n) is 9.63. The number of hydrogen-bond donors (Lipinski definition) is 1. The number of para-hydroxylation sites is 1. The number of nitrogens with zero attached hydrogens (tertiary/aromatic N) is 1. The molecule has 1 aliphatic rings. The number of oxime groups is 1. The fourth-order valence-electron chi connectivity index (χ4n) is 1.73. The molecule has 1 heterocycles. The summed E-state index contributed by atoms with van der Waals surface area (Å²) in [5.74, 6) is 0.396. The maximum atomic E-state index is 9.83. The second-order valence-electron chi connectivity index (χ2n) is 3.68. The van der Waals surface area contributed by atoms with Crippen LogP contribution in [0.3, 0.4) is 0 Å². The van der Waals surface area contributed by atoms with E-state index in [2.05, 4.69) is 5.16 Å². The van der Waals surface area contributed by atoms with Gasteiger partial charge in [-0.3, -0.25) is 0 Å². The van der Waals surface area contributed by atoms with Crippen LogP contribution in [0.5, 0.6) is 5.75 Å². The van der Waals surface area contributed by atoms with Gasteiger partial charge < -0.3 is 19.4 Å². The van der Waals surface area contributed by atoms with Gasteiger partial charge in [0.2, 0.25) is 5.90 Å². The first-order valence-corrected chi connectivity index (χ1v) is 5.42. The van der Waals surface area contributed by atoms with Crippen LogP contribution in [0.2, 0.25) is 0 Å². The normalized spacial score (nSPS) is 16.6. The Morgan fingerprint density at radius 2 is 2.24 bits per heavy atom. The molecular weight excluding hydrogens is 222 g/mol. The van der Waals surface area contributed by atoms with Crippen molar-refractivity contribution in [1.82, 2.24) is 0 Å². The van der Waals surface area contributed by atoms with Crippen molar-refractivity contribution in [3.05, 3.63) is 29.8 Å². The fourth-order valence-corrected chi connectivity index (χ4v) is 1.73. The Labute approximate surface area is 99.6 Å². The number of methoxy groups -OCH3 is 1. The van der Waals surface area contributed by atoms with Crippen LogP contribution in [-0.2, 0) is 14.3 Å². The second-order valence-corrected chi connectivity index (χ2v) is 3.68. The highest BCUT2D eigenvalue weighted by Crippen LogP contribution is 2.28. The summed E-state index contributed by atoms with van der Waals surface area (Å²) in [6.07, 6.45) is 0. The van der Waals surface area contributed by atoms with E-state index < -0.39 is 0 Å². The van der Waals surface area contributed by atoms with Crippen molar-refractivity contribution in [2.75, 3.05) is 26.9 Å². The first-order valence-electron chi connectivity index (χ1n) is 5.42. The minimum atomic E-state index is -0.249. The Kier molecular flexibility index (Phi) is 3.82. The number of phenols is 1. The van der Waals surface area contributed by atoms with E-state index in [4.69, 9.17) is 14.3 Å². The van der Waals surface area contributed by atoms with Gasteiger partial charge in [-0.1, -0.05) is 23.4 Å². The summed E-state index contributed by atoms with van der Waals surface area (Å²) in [7, 11) is 1.59. The lowest BCUT2D eigenvalue weighted by molar-refractivity contribution is 0.0559. The van der Waals surface area contributed by atoms with E-state index in [0.29, 0.717) is 25.7 Å². The molecule has 2 rings (SSSR count). The van der Waals surface area contributed by atoms with Crippen molar-refractivity contribution in [3.8, 4) is 5.75 Å². The Hall–Kier alpha value is -1.75. The molecule has 0 radical (unpaired) electrons. The van der Waals surface area contributed by atoms with Gasteiger partial charge in [-0.05, 0) is 6.07 Å². The van der Waals surface area contributed by atoms with E-state index in [9.17, 15) is 5.11 Å². The smallest absolute Gasteiger partial charge is 0.235 e. The van der Waals surface area contributed by atoms with E-state index in [1.807, 2.05) is 12.1 Å². The Bertz CT molecular complexity index is 405. The zero-order chi connectivity index (χ0) is 12.1. The predicted octanol–water partition coefficient (Wildman–Crippen LogP) is 1.48. The fraction of sp³-hybridized carbons (Fsp3) is 0.417. The summed E-state index contributed by atoms with van der Waals surface area (Å²) >= 11 is 0. The van der Waals surface area contributed by atoms with Crippen LogP contribution >= 0.6 is 0 Å². The molecule has 0 spiro atoms. The molecule has 1 aliphatic heterocycles. The Balaban J connectivity index is 2.28. The molecule has 5 nitrogen and oxygen atoms in total. The summed E-state index contributed by atoms with van der Waals surface area (Å²) in [6.45, 7) is 1.29. The third-order valence-corrected chi connectivity index (χ3v) is 2.52. The molecule has 17 heavy (non-hydrogen) atoms. The molecule has 0 bridgehead atoms. The molecule has 1 aromatic carbocycles. The number of aromatic hydroxyl groups is 1. The van der Waals surface area contributed by atoms with Gasteiger partial charge in [-0.2, -0.15) is 0 Å². The molecule has 1 aromatic rings. The third-order valence-electron chi connectivity index (χ3n) is 2.52. The molecule has 1 atom stereocenters. The number of benzene rings is 1. The SMILES string of the molecule is COCC(C1=NOCCO1)c1ccccc1O. The highest BCUT2D eigenvalue weighted by molar-refractivity contribution is 5.84. The molecule has 0 aliphatic carbocycles. The van der Waals surface area contributed by atoms with Crippen LogP contribution < -0.4 is 0 Å². The van der Waals surface area contributed by atoms with E-state index in [-0.39, 0.29) is 11.7 Å². The molecule has 92 valence electrons. The van der Waals surface area contributed by atoms with E-state index in [0.717, 1.165) is 5.56 Å². The number of hydrogen-bond acceptors (Lipinski definition) is 5. The van der Waals surface area contributed by atoms with Crippen LogP contribution in [0.1, 0.15) is 11.5 Å². The average molecular weight is 237 g/mol. The quantitative estimate of drug-likeness (QED) is 0.861. The topological polar surface area (TPSA) is 60.3 Å². The van der Waals surface area contributed by atoms with Gasteiger partial charge >= 0.3 is 0 Å².